The van der Waals surface area contributed by atoms with E-state index in [9.17, 15) is 4.39 Å². The van der Waals surface area contributed by atoms with Crippen molar-refractivity contribution in [1.82, 2.24) is 0 Å². The number of hydrogen-bond acceptors (Lipinski definition) is 2. The first kappa shape index (κ1) is 18.4. The van der Waals surface area contributed by atoms with Gasteiger partial charge in [0, 0.05) is 11.8 Å². The second-order valence-corrected chi connectivity index (χ2v) is 8.34. The first-order valence-corrected chi connectivity index (χ1v) is 10.3. The second-order valence-electron chi connectivity index (χ2n) is 8.34. The lowest BCUT2D eigenvalue weighted by atomic mass is 9.77. The molecule has 0 bridgehead atoms. The highest BCUT2D eigenvalue weighted by atomic mass is 19.1. The van der Waals surface area contributed by atoms with E-state index in [4.69, 9.17) is 9.47 Å². The van der Waals surface area contributed by atoms with Crippen molar-refractivity contribution < 1.29 is 13.9 Å². The average Bonchev–Trinajstić information content (AvgIpc) is 2.63. The van der Waals surface area contributed by atoms with Gasteiger partial charge in [-0.2, -0.15) is 0 Å². The molecule has 1 saturated heterocycles. The summed E-state index contributed by atoms with van der Waals surface area (Å²) < 4.78 is 25.1. The lowest BCUT2D eigenvalue weighted by Crippen LogP contribution is -2.38. The van der Waals surface area contributed by atoms with E-state index in [2.05, 4.69) is 6.92 Å². The molecule has 3 heteroatoms. The van der Waals surface area contributed by atoms with Gasteiger partial charge in [-0.05, 0) is 69.6 Å². The molecule has 0 radical (unpaired) electrons. The summed E-state index contributed by atoms with van der Waals surface area (Å²) in [6, 6.07) is 0. The minimum Gasteiger partial charge on any atom is -0.352 e. The highest BCUT2D eigenvalue weighted by Crippen LogP contribution is 2.38. The monoisotopic (exact) mass is 338 g/mol. The molecule has 138 valence electrons. The molecule has 0 aromatic rings. The van der Waals surface area contributed by atoms with Crippen LogP contribution in [0.2, 0.25) is 0 Å². The minimum absolute atomic E-state index is 0.0607. The lowest BCUT2D eigenvalue weighted by Gasteiger charge is -2.38. The van der Waals surface area contributed by atoms with Gasteiger partial charge in [0.15, 0.2) is 6.29 Å². The molecule has 0 aromatic heterocycles. The molecule has 2 aliphatic carbocycles. The number of ether oxygens (including phenoxy) is 2. The summed E-state index contributed by atoms with van der Waals surface area (Å²) in [6.45, 7) is 4.02. The molecule has 0 amide bonds. The fraction of sp³-hybridized carbons (Fsp3) is 0.905. The van der Waals surface area contributed by atoms with Gasteiger partial charge in [0.05, 0.1) is 19.0 Å². The Balaban J connectivity index is 1.31. The predicted molar refractivity (Wildman–Crippen MR) is 95.3 cm³/mol. The third-order valence-corrected chi connectivity index (χ3v) is 6.41. The zero-order chi connectivity index (χ0) is 16.8. The van der Waals surface area contributed by atoms with Crippen molar-refractivity contribution in [1.29, 1.82) is 0 Å². The van der Waals surface area contributed by atoms with E-state index in [-0.39, 0.29) is 12.1 Å². The normalized spacial score (nSPS) is 37.9. The summed E-state index contributed by atoms with van der Waals surface area (Å²) in [4.78, 5) is 0. The van der Waals surface area contributed by atoms with E-state index in [0.29, 0.717) is 18.3 Å². The van der Waals surface area contributed by atoms with E-state index in [1.807, 2.05) is 6.08 Å². The van der Waals surface area contributed by atoms with E-state index in [0.717, 1.165) is 37.9 Å². The fourth-order valence-corrected chi connectivity index (χ4v) is 4.74. The molecule has 0 aromatic carbocycles. The molecule has 1 saturated carbocycles. The highest BCUT2D eigenvalue weighted by molar-refractivity contribution is 4.97. The molecule has 3 aliphatic rings. The Bertz CT molecular complexity index is 393. The Hall–Kier alpha value is -0.410. The van der Waals surface area contributed by atoms with Crippen LogP contribution in [0.3, 0.4) is 0 Å². The van der Waals surface area contributed by atoms with Gasteiger partial charge in [-0.25, -0.2) is 4.39 Å². The highest BCUT2D eigenvalue weighted by Gasteiger charge is 2.32. The minimum atomic E-state index is 0.0607. The largest absolute Gasteiger partial charge is 0.352 e. The van der Waals surface area contributed by atoms with E-state index < -0.39 is 0 Å². The third-order valence-electron chi connectivity index (χ3n) is 6.41. The van der Waals surface area contributed by atoms with Gasteiger partial charge in [-0.15, -0.1) is 0 Å². The van der Waals surface area contributed by atoms with E-state index >= 15 is 0 Å². The van der Waals surface area contributed by atoms with Crippen molar-refractivity contribution >= 4 is 0 Å². The van der Waals surface area contributed by atoms with Crippen LogP contribution in [0.1, 0.15) is 77.6 Å². The summed E-state index contributed by atoms with van der Waals surface area (Å²) >= 11 is 0. The van der Waals surface area contributed by atoms with Crippen LogP contribution < -0.4 is 0 Å². The van der Waals surface area contributed by atoms with Crippen LogP contribution in [0.15, 0.2) is 11.9 Å². The molecular weight excluding hydrogens is 303 g/mol. The van der Waals surface area contributed by atoms with Crippen molar-refractivity contribution in [2.24, 2.45) is 23.7 Å². The number of hydrogen-bond donors (Lipinski definition) is 0. The maximum Gasteiger partial charge on any atom is 0.160 e. The maximum absolute atomic E-state index is 13.1. The molecule has 1 heterocycles. The molecule has 1 aliphatic heterocycles. The van der Waals surface area contributed by atoms with Crippen molar-refractivity contribution in [2.75, 3.05) is 13.2 Å². The lowest BCUT2D eigenvalue weighted by molar-refractivity contribution is -0.230. The smallest absolute Gasteiger partial charge is 0.160 e. The van der Waals surface area contributed by atoms with Crippen LogP contribution in [0.4, 0.5) is 4.39 Å². The summed E-state index contributed by atoms with van der Waals surface area (Å²) in [5, 5.41) is 0. The van der Waals surface area contributed by atoms with Gasteiger partial charge in [-0.1, -0.05) is 25.8 Å². The Labute approximate surface area is 147 Å². The van der Waals surface area contributed by atoms with Crippen molar-refractivity contribution in [3.8, 4) is 0 Å². The summed E-state index contributed by atoms with van der Waals surface area (Å²) in [6.07, 6.45) is 14.8. The molecular formula is C21H35FO2. The molecule has 1 atom stereocenters. The Morgan fingerprint density at radius 2 is 1.62 bits per heavy atom. The summed E-state index contributed by atoms with van der Waals surface area (Å²) in [7, 11) is 0. The topological polar surface area (TPSA) is 18.5 Å². The van der Waals surface area contributed by atoms with Crippen molar-refractivity contribution in [2.45, 2.75) is 83.8 Å². The van der Waals surface area contributed by atoms with Gasteiger partial charge >= 0.3 is 0 Å². The molecule has 2 fully saturated rings. The van der Waals surface area contributed by atoms with Crippen LogP contribution in [-0.2, 0) is 9.47 Å². The Morgan fingerprint density at radius 1 is 0.917 bits per heavy atom. The first-order valence-electron chi connectivity index (χ1n) is 10.3. The fourth-order valence-electron chi connectivity index (χ4n) is 4.74. The number of halogens is 1. The molecule has 24 heavy (non-hydrogen) atoms. The number of allylic oxidation sites excluding steroid dienone is 2. The van der Waals surface area contributed by atoms with Crippen molar-refractivity contribution in [3.05, 3.63) is 11.9 Å². The van der Waals surface area contributed by atoms with Gasteiger partial charge in [0.25, 0.3) is 0 Å². The molecule has 3 rings (SSSR count). The molecule has 0 spiro atoms. The third kappa shape index (κ3) is 5.29. The van der Waals surface area contributed by atoms with Gasteiger partial charge in [0.1, 0.15) is 0 Å². The molecule has 2 nitrogen and oxygen atoms in total. The quantitative estimate of drug-likeness (QED) is 0.590. The van der Waals surface area contributed by atoms with Gasteiger partial charge in [-0.3, -0.25) is 0 Å². The van der Waals surface area contributed by atoms with Gasteiger partial charge < -0.3 is 9.47 Å². The standard InChI is InChI=1S/C21H35FO2/c1-2-3-18-14-23-21(24-15-18)19-10-6-16(7-11-19)4-5-17-8-12-20(22)13-9-17/h12,16-19,21H,2-11,13-15H2,1H3. The van der Waals surface area contributed by atoms with Crippen LogP contribution in [0.25, 0.3) is 0 Å². The predicted octanol–water partition coefficient (Wildman–Crippen LogP) is 6.02. The van der Waals surface area contributed by atoms with Crippen molar-refractivity contribution in [3.63, 3.8) is 0 Å². The molecule has 1 unspecified atom stereocenters. The Kier molecular flexibility index (Phi) is 7.15. The van der Waals surface area contributed by atoms with Crippen LogP contribution in [-0.4, -0.2) is 19.5 Å². The summed E-state index contributed by atoms with van der Waals surface area (Å²) in [5.41, 5.74) is 0. The SMILES string of the molecule is CCCC1COC(C2CCC(CCC3CC=C(F)CC3)CC2)OC1. The summed E-state index contributed by atoms with van der Waals surface area (Å²) in [5.74, 6) is 2.92. The Morgan fingerprint density at radius 3 is 2.25 bits per heavy atom. The maximum atomic E-state index is 13.1. The van der Waals surface area contributed by atoms with E-state index in [1.54, 1.807) is 0 Å². The number of rotatable bonds is 6. The van der Waals surface area contributed by atoms with Crippen LogP contribution in [0, 0.1) is 23.7 Å². The zero-order valence-electron chi connectivity index (χ0n) is 15.4. The van der Waals surface area contributed by atoms with E-state index in [1.165, 1.54) is 51.4 Å². The van der Waals surface area contributed by atoms with Gasteiger partial charge in [0.2, 0.25) is 0 Å². The van der Waals surface area contributed by atoms with Crippen LogP contribution >= 0.6 is 0 Å². The van der Waals surface area contributed by atoms with Crippen LogP contribution in [0.5, 0.6) is 0 Å². The second kappa shape index (κ2) is 9.33. The molecule has 0 N–H and O–H groups in total. The average molecular weight is 339 g/mol. The zero-order valence-corrected chi connectivity index (χ0v) is 15.4. The first-order chi connectivity index (χ1) is 11.7.